The highest BCUT2D eigenvalue weighted by Gasteiger charge is 2.31. The Balaban J connectivity index is 2.70. The Morgan fingerprint density at radius 2 is 2.27 bits per heavy atom. The lowest BCUT2D eigenvalue weighted by atomic mass is 9.90. The van der Waals surface area contributed by atoms with Crippen LogP contribution in [0.1, 0.15) is 40.0 Å². The summed E-state index contributed by atoms with van der Waals surface area (Å²) in [6.45, 7) is 6.98. The summed E-state index contributed by atoms with van der Waals surface area (Å²) < 4.78 is 0. The minimum atomic E-state index is -0.447. The van der Waals surface area contributed by atoms with E-state index in [1.54, 1.807) is 0 Å². The van der Waals surface area contributed by atoms with Crippen molar-refractivity contribution in [2.24, 2.45) is 11.8 Å². The molecular formula is C12H20N2O. The summed E-state index contributed by atoms with van der Waals surface area (Å²) in [6, 6.07) is 2.38. The van der Waals surface area contributed by atoms with Gasteiger partial charge in [-0.2, -0.15) is 5.26 Å². The van der Waals surface area contributed by atoms with Gasteiger partial charge in [0.15, 0.2) is 0 Å². The summed E-state index contributed by atoms with van der Waals surface area (Å²) >= 11 is 0. The van der Waals surface area contributed by atoms with Crippen LogP contribution in [0.25, 0.3) is 0 Å². The van der Waals surface area contributed by atoms with Crippen molar-refractivity contribution in [1.82, 2.24) is 4.90 Å². The molecule has 1 aliphatic rings. The Hall–Kier alpha value is -1.04. The van der Waals surface area contributed by atoms with Gasteiger partial charge in [-0.3, -0.25) is 4.79 Å². The van der Waals surface area contributed by atoms with E-state index in [9.17, 15) is 4.79 Å². The zero-order chi connectivity index (χ0) is 11.4. The lowest BCUT2D eigenvalue weighted by Crippen LogP contribution is -2.48. The normalized spacial score (nSPS) is 28.3. The van der Waals surface area contributed by atoms with E-state index in [0.29, 0.717) is 12.3 Å². The van der Waals surface area contributed by atoms with Gasteiger partial charge in [-0.1, -0.05) is 13.8 Å². The van der Waals surface area contributed by atoms with Crippen LogP contribution in [-0.4, -0.2) is 23.4 Å². The van der Waals surface area contributed by atoms with Crippen LogP contribution in [0, 0.1) is 23.2 Å². The predicted molar refractivity (Wildman–Crippen MR) is 59.0 cm³/mol. The molecule has 1 aliphatic heterocycles. The summed E-state index contributed by atoms with van der Waals surface area (Å²) in [5, 5.41) is 8.88. The SMILES string of the molecule is CCC(C#N)C(=O)N1CCCC(C)C1C. The number of likely N-dealkylation sites (tertiary alicyclic amines) is 1. The van der Waals surface area contributed by atoms with Crippen LogP contribution in [0.4, 0.5) is 0 Å². The number of hydrogen-bond donors (Lipinski definition) is 0. The van der Waals surface area contributed by atoms with Gasteiger partial charge in [0.1, 0.15) is 5.92 Å². The second-order valence-electron chi connectivity index (χ2n) is 4.48. The van der Waals surface area contributed by atoms with Crippen molar-refractivity contribution in [2.75, 3.05) is 6.54 Å². The molecule has 0 spiro atoms. The molecule has 0 aromatic carbocycles. The van der Waals surface area contributed by atoms with Crippen molar-refractivity contribution in [1.29, 1.82) is 5.26 Å². The van der Waals surface area contributed by atoms with Crippen LogP contribution in [0.15, 0.2) is 0 Å². The average molecular weight is 208 g/mol. The number of hydrogen-bond acceptors (Lipinski definition) is 2. The van der Waals surface area contributed by atoms with Gasteiger partial charge in [-0.05, 0) is 32.1 Å². The van der Waals surface area contributed by atoms with E-state index in [1.807, 2.05) is 11.8 Å². The van der Waals surface area contributed by atoms with Crippen LogP contribution in [-0.2, 0) is 4.79 Å². The van der Waals surface area contributed by atoms with Gasteiger partial charge in [0.25, 0.3) is 0 Å². The Labute approximate surface area is 92.1 Å². The average Bonchev–Trinajstić information content (AvgIpc) is 2.23. The number of nitriles is 1. The molecule has 0 radical (unpaired) electrons. The van der Waals surface area contributed by atoms with E-state index in [-0.39, 0.29) is 11.9 Å². The number of carbonyl (C=O) groups excluding carboxylic acids is 1. The summed E-state index contributed by atoms with van der Waals surface area (Å²) in [6.07, 6.45) is 2.88. The molecular weight excluding hydrogens is 188 g/mol. The number of rotatable bonds is 2. The van der Waals surface area contributed by atoms with Gasteiger partial charge >= 0.3 is 0 Å². The molecule has 1 fully saturated rings. The van der Waals surface area contributed by atoms with Crippen molar-refractivity contribution in [2.45, 2.75) is 46.1 Å². The standard InChI is InChI=1S/C12H20N2O/c1-4-11(8-13)12(15)14-7-5-6-9(2)10(14)3/h9-11H,4-7H2,1-3H3. The van der Waals surface area contributed by atoms with Crippen molar-refractivity contribution in [3.05, 3.63) is 0 Å². The van der Waals surface area contributed by atoms with Crippen molar-refractivity contribution in [3.8, 4) is 6.07 Å². The molecule has 0 bridgehead atoms. The molecule has 1 heterocycles. The maximum Gasteiger partial charge on any atom is 0.240 e. The molecule has 0 aromatic heterocycles. The Kier molecular flexibility index (Phi) is 4.14. The smallest absolute Gasteiger partial charge is 0.240 e. The Bertz CT molecular complexity index is 269. The Morgan fingerprint density at radius 3 is 2.80 bits per heavy atom. The zero-order valence-electron chi connectivity index (χ0n) is 9.86. The number of nitrogens with zero attached hydrogens (tertiary/aromatic N) is 2. The second-order valence-corrected chi connectivity index (χ2v) is 4.48. The number of amides is 1. The highest BCUT2D eigenvalue weighted by molar-refractivity contribution is 5.81. The molecule has 0 saturated carbocycles. The van der Waals surface area contributed by atoms with E-state index < -0.39 is 5.92 Å². The van der Waals surface area contributed by atoms with Crippen LogP contribution >= 0.6 is 0 Å². The lowest BCUT2D eigenvalue weighted by molar-refractivity contribution is -0.138. The van der Waals surface area contributed by atoms with Crippen LogP contribution in [0.2, 0.25) is 0 Å². The summed E-state index contributed by atoms with van der Waals surface area (Å²) in [7, 11) is 0. The summed E-state index contributed by atoms with van der Waals surface area (Å²) in [5.74, 6) is 0.135. The molecule has 0 N–H and O–H groups in total. The minimum absolute atomic E-state index is 0.0269. The quantitative estimate of drug-likeness (QED) is 0.698. The molecule has 0 aliphatic carbocycles. The topological polar surface area (TPSA) is 44.1 Å². The maximum atomic E-state index is 12.0. The molecule has 15 heavy (non-hydrogen) atoms. The molecule has 1 rings (SSSR count). The van der Waals surface area contributed by atoms with E-state index in [2.05, 4.69) is 19.9 Å². The first-order valence-electron chi connectivity index (χ1n) is 5.81. The van der Waals surface area contributed by atoms with Crippen LogP contribution in [0.5, 0.6) is 0 Å². The summed E-state index contributed by atoms with van der Waals surface area (Å²) in [5.41, 5.74) is 0. The van der Waals surface area contributed by atoms with Crippen LogP contribution in [0.3, 0.4) is 0 Å². The fourth-order valence-electron chi connectivity index (χ4n) is 2.17. The first kappa shape index (κ1) is 12.0. The molecule has 3 atom stereocenters. The largest absolute Gasteiger partial charge is 0.339 e. The molecule has 0 aromatic rings. The maximum absolute atomic E-state index is 12.0. The molecule has 1 saturated heterocycles. The van der Waals surface area contributed by atoms with Gasteiger partial charge in [-0.15, -0.1) is 0 Å². The van der Waals surface area contributed by atoms with E-state index in [0.717, 1.165) is 13.0 Å². The van der Waals surface area contributed by atoms with Gasteiger partial charge in [0.05, 0.1) is 6.07 Å². The van der Waals surface area contributed by atoms with Gasteiger partial charge in [0, 0.05) is 12.6 Å². The van der Waals surface area contributed by atoms with Crippen LogP contribution < -0.4 is 0 Å². The first-order valence-corrected chi connectivity index (χ1v) is 5.81. The fraction of sp³-hybridized carbons (Fsp3) is 0.833. The summed E-state index contributed by atoms with van der Waals surface area (Å²) in [4.78, 5) is 13.9. The van der Waals surface area contributed by atoms with E-state index in [1.165, 1.54) is 6.42 Å². The highest BCUT2D eigenvalue weighted by Crippen LogP contribution is 2.24. The van der Waals surface area contributed by atoms with Gasteiger partial charge in [-0.25, -0.2) is 0 Å². The Morgan fingerprint density at radius 1 is 1.60 bits per heavy atom. The van der Waals surface area contributed by atoms with Crippen molar-refractivity contribution >= 4 is 5.91 Å². The third-order valence-corrected chi connectivity index (χ3v) is 3.52. The monoisotopic (exact) mass is 208 g/mol. The number of piperidine rings is 1. The first-order chi connectivity index (χ1) is 7.11. The predicted octanol–water partition coefficient (Wildman–Crippen LogP) is 2.18. The third kappa shape index (κ3) is 2.50. The molecule has 84 valence electrons. The second kappa shape index (κ2) is 5.16. The lowest BCUT2D eigenvalue weighted by Gasteiger charge is -2.38. The van der Waals surface area contributed by atoms with E-state index >= 15 is 0 Å². The van der Waals surface area contributed by atoms with Gasteiger partial charge < -0.3 is 4.90 Å². The third-order valence-electron chi connectivity index (χ3n) is 3.52. The molecule has 3 heteroatoms. The highest BCUT2D eigenvalue weighted by atomic mass is 16.2. The van der Waals surface area contributed by atoms with E-state index in [4.69, 9.17) is 5.26 Å². The van der Waals surface area contributed by atoms with Gasteiger partial charge in [0.2, 0.25) is 5.91 Å². The minimum Gasteiger partial charge on any atom is -0.339 e. The zero-order valence-corrected chi connectivity index (χ0v) is 9.86. The fourth-order valence-corrected chi connectivity index (χ4v) is 2.17. The number of carbonyl (C=O) groups is 1. The molecule has 3 nitrogen and oxygen atoms in total. The molecule has 3 unspecified atom stereocenters. The van der Waals surface area contributed by atoms with Crippen molar-refractivity contribution < 1.29 is 4.79 Å². The molecule has 1 amide bonds. The van der Waals surface area contributed by atoms with Crippen molar-refractivity contribution in [3.63, 3.8) is 0 Å².